The summed E-state index contributed by atoms with van der Waals surface area (Å²) < 4.78 is 7.97. The number of aromatic nitrogens is 4. The van der Waals surface area contributed by atoms with E-state index >= 15 is 0 Å². The molecule has 0 aliphatic heterocycles. The Labute approximate surface area is 237 Å². The number of carboxylic acid groups (broad SMARTS) is 1. The van der Waals surface area contributed by atoms with Crippen LogP contribution in [0.3, 0.4) is 0 Å². The number of halogens is 2. The third-order valence-electron chi connectivity index (χ3n) is 5.49. The maximum Gasteiger partial charge on any atom is 0.335 e. The van der Waals surface area contributed by atoms with Gasteiger partial charge in [0.15, 0.2) is 0 Å². The molecule has 192 valence electrons. The van der Waals surface area contributed by atoms with Crippen molar-refractivity contribution in [2.75, 3.05) is 5.32 Å². The van der Waals surface area contributed by atoms with E-state index in [4.69, 9.17) is 11.6 Å². The number of nitrogens with one attached hydrogen (secondary N) is 1. The van der Waals surface area contributed by atoms with Gasteiger partial charge in [0.2, 0.25) is 0 Å². The Morgan fingerprint density at radius 2 is 1.92 bits per heavy atom. The number of anilines is 1. The summed E-state index contributed by atoms with van der Waals surface area (Å²) >= 11 is 12.1. The Morgan fingerprint density at radius 3 is 2.63 bits per heavy atom. The number of pyridine rings is 1. The molecular formula is C25H17BrClN5O4S2. The van der Waals surface area contributed by atoms with E-state index in [0.29, 0.717) is 32.4 Å². The summed E-state index contributed by atoms with van der Waals surface area (Å²) in [5.41, 5.74) is 1.71. The Balaban J connectivity index is 1.55. The van der Waals surface area contributed by atoms with Gasteiger partial charge in [-0.2, -0.15) is 14.2 Å². The topological polar surface area (TPSA) is 119 Å². The number of carboxylic acids is 1. The van der Waals surface area contributed by atoms with Crippen LogP contribution in [0.15, 0.2) is 75.4 Å². The fourth-order valence-electron chi connectivity index (χ4n) is 3.69. The first-order valence-electron chi connectivity index (χ1n) is 11.0. The summed E-state index contributed by atoms with van der Waals surface area (Å²) in [6, 6.07) is 14.6. The molecule has 4 aromatic heterocycles. The molecule has 0 amide bonds. The van der Waals surface area contributed by atoms with Crippen molar-refractivity contribution in [3.05, 3.63) is 107 Å². The summed E-state index contributed by atoms with van der Waals surface area (Å²) in [6.45, 7) is 0.665. The van der Waals surface area contributed by atoms with Gasteiger partial charge in [0.25, 0.3) is 11.5 Å². The van der Waals surface area contributed by atoms with Crippen molar-refractivity contribution >= 4 is 68.1 Å². The lowest BCUT2D eigenvalue weighted by Gasteiger charge is -2.08. The van der Waals surface area contributed by atoms with Gasteiger partial charge in [-0.3, -0.25) is 9.59 Å². The van der Waals surface area contributed by atoms with Gasteiger partial charge in [0.1, 0.15) is 5.82 Å². The smallest absolute Gasteiger partial charge is 0.335 e. The predicted octanol–water partition coefficient (Wildman–Crippen LogP) is 5.69. The molecule has 0 saturated heterocycles. The van der Waals surface area contributed by atoms with Crippen molar-refractivity contribution in [1.82, 2.24) is 18.7 Å². The summed E-state index contributed by atoms with van der Waals surface area (Å²) in [7, 11) is 0. The van der Waals surface area contributed by atoms with Gasteiger partial charge in [0, 0.05) is 33.6 Å². The lowest BCUT2D eigenvalue weighted by Crippen LogP contribution is -2.21. The highest BCUT2D eigenvalue weighted by molar-refractivity contribution is 9.10. The molecule has 5 rings (SSSR count). The second-order valence-electron chi connectivity index (χ2n) is 8.08. The average molecular weight is 631 g/mol. The molecule has 0 bridgehead atoms. The second-order valence-corrected chi connectivity index (χ2v) is 11.4. The number of hydrogen-bond acceptors (Lipinski definition) is 8. The van der Waals surface area contributed by atoms with Crippen LogP contribution >= 0.6 is 50.4 Å². The van der Waals surface area contributed by atoms with E-state index < -0.39 is 11.9 Å². The number of rotatable bonds is 8. The Hall–Kier alpha value is -3.58. The summed E-state index contributed by atoms with van der Waals surface area (Å²) in [6.07, 6.45) is 1.66. The van der Waals surface area contributed by atoms with Crippen LogP contribution in [0.4, 0.5) is 5.82 Å². The highest BCUT2D eigenvalue weighted by atomic mass is 79.9. The molecule has 2 N–H and O–H groups in total. The van der Waals surface area contributed by atoms with E-state index in [1.165, 1.54) is 56.4 Å². The largest absolute Gasteiger partial charge is 0.478 e. The fourth-order valence-corrected chi connectivity index (χ4v) is 5.72. The van der Waals surface area contributed by atoms with Crippen molar-refractivity contribution < 1.29 is 14.7 Å². The average Bonchev–Trinajstić information content (AvgIpc) is 3.66. The van der Waals surface area contributed by atoms with E-state index in [1.807, 2.05) is 17.5 Å². The fraction of sp³-hybridized carbons (Fsp3) is 0.0800. The molecule has 0 atom stereocenters. The van der Waals surface area contributed by atoms with Gasteiger partial charge in [0.05, 0.1) is 38.8 Å². The number of thiophene rings is 1. The molecule has 0 radical (unpaired) electrons. The highest BCUT2D eigenvalue weighted by Gasteiger charge is 2.20. The van der Waals surface area contributed by atoms with Crippen LogP contribution in [0.25, 0.3) is 11.3 Å². The van der Waals surface area contributed by atoms with Crippen LogP contribution < -0.4 is 10.9 Å². The van der Waals surface area contributed by atoms with E-state index in [1.54, 1.807) is 24.4 Å². The number of carbonyl (C=O) groups is 2. The molecule has 38 heavy (non-hydrogen) atoms. The molecule has 0 saturated carbocycles. The molecule has 13 heteroatoms. The van der Waals surface area contributed by atoms with Crippen molar-refractivity contribution in [1.29, 1.82) is 0 Å². The highest BCUT2D eigenvalue weighted by Crippen LogP contribution is 2.27. The van der Waals surface area contributed by atoms with Crippen LogP contribution in [0.1, 0.15) is 31.3 Å². The molecule has 0 aliphatic carbocycles. The minimum absolute atomic E-state index is 0.0102. The lowest BCUT2D eigenvalue weighted by atomic mass is 10.1. The van der Waals surface area contributed by atoms with E-state index in [2.05, 4.69) is 30.7 Å². The van der Waals surface area contributed by atoms with Crippen molar-refractivity contribution in [2.24, 2.45) is 0 Å². The van der Waals surface area contributed by atoms with Gasteiger partial charge < -0.3 is 15.0 Å². The van der Waals surface area contributed by atoms with Gasteiger partial charge >= 0.3 is 5.97 Å². The van der Waals surface area contributed by atoms with Crippen LogP contribution in [0, 0.1) is 0 Å². The second kappa shape index (κ2) is 11.0. The Kier molecular flexibility index (Phi) is 7.56. The van der Waals surface area contributed by atoms with Gasteiger partial charge in [-0.15, -0.1) is 11.3 Å². The molecule has 5 aromatic rings. The van der Waals surface area contributed by atoms with Crippen LogP contribution in [0.2, 0.25) is 4.34 Å². The minimum Gasteiger partial charge on any atom is -0.478 e. The quantitative estimate of drug-likeness (QED) is 0.226. The van der Waals surface area contributed by atoms with Crippen molar-refractivity contribution in [3.8, 4) is 11.3 Å². The van der Waals surface area contributed by atoms with Gasteiger partial charge in [-0.05, 0) is 69.9 Å². The van der Waals surface area contributed by atoms with Crippen LogP contribution in [0.5, 0.6) is 0 Å². The molecule has 0 fully saturated rings. The first-order chi connectivity index (χ1) is 18.3. The minimum atomic E-state index is -1.14. The number of benzene rings is 1. The zero-order chi connectivity index (χ0) is 26.8. The molecular weight excluding hydrogens is 614 g/mol. The zero-order valence-electron chi connectivity index (χ0n) is 19.3. The molecule has 0 spiro atoms. The number of carbonyl (C=O) groups excluding carboxylic acids is 1. The number of aromatic carboxylic acids is 1. The zero-order valence-corrected chi connectivity index (χ0v) is 23.3. The summed E-state index contributed by atoms with van der Waals surface area (Å²) in [5, 5.41) is 19.0. The van der Waals surface area contributed by atoms with Crippen LogP contribution in [-0.4, -0.2) is 35.7 Å². The molecule has 0 unspecified atom stereocenters. The van der Waals surface area contributed by atoms with E-state index in [-0.39, 0.29) is 23.2 Å². The van der Waals surface area contributed by atoms with E-state index in [9.17, 15) is 19.5 Å². The monoisotopic (exact) mass is 629 g/mol. The van der Waals surface area contributed by atoms with Crippen molar-refractivity contribution in [3.63, 3.8) is 0 Å². The Bertz CT molecular complexity index is 1710. The normalized spacial score (nSPS) is 11.0. The first-order valence-corrected chi connectivity index (χ1v) is 13.9. The summed E-state index contributed by atoms with van der Waals surface area (Å²) in [5.74, 6) is -1.26. The predicted molar refractivity (Wildman–Crippen MR) is 151 cm³/mol. The standard InChI is InChI=1S/C25H17BrClN5O4S2/c26-19-9-16(12-31(24(19)34)13-17-6-7-37-30-17)20-10-22(28-11-18-4-5-21(27)38-18)32(29-20)23(33)14-2-1-3-15(8-14)25(35)36/h1-10,12,28H,11,13H2,(H,35,36). The lowest BCUT2D eigenvalue weighted by molar-refractivity contribution is 0.0697. The molecule has 0 aliphatic rings. The first kappa shape index (κ1) is 26.0. The summed E-state index contributed by atoms with van der Waals surface area (Å²) in [4.78, 5) is 38.6. The number of nitrogens with zero attached hydrogens (tertiary/aromatic N) is 4. The maximum atomic E-state index is 13.5. The molecule has 9 nitrogen and oxygen atoms in total. The Morgan fingerprint density at radius 1 is 1.11 bits per heavy atom. The van der Waals surface area contributed by atoms with Gasteiger partial charge in [-0.25, -0.2) is 4.79 Å². The molecule has 1 aromatic carbocycles. The molecule has 4 heterocycles. The van der Waals surface area contributed by atoms with Crippen molar-refractivity contribution in [2.45, 2.75) is 13.1 Å². The SMILES string of the molecule is O=C(O)c1cccc(C(=O)n2nc(-c3cc(Br)c(=O)n(Cc4ccsn4)c3)cc2NCc2ccc(Cl)s2)c1. The third kappa shape index (κ3) is 5.63. The maximum absolute atomic E-state index is 13.5. The van der Waals surface area contributed by atoms with E-state index in [0.717, 1.165) is 10.6 Å². The third-order valence-corrected chi connectivity index (χ3v) is 7.89. The number of hydrogen-bond donors (Lipinski definition) is 2. The van der Waals surface area contributed by atoms with Crippen LogP contribution in [-0.2, 0) is 13.1 Å². The van der Waals surface area contributed by atoms with Gasteiger partial charge in [-0.1, -0.05) is 17.7 Å².